The third kappa shape index (κ3) is 15.1. The van der Waals surface area contributed by atoms with Crippen molar-refractivity contribution in [2.75, 3.05) is 18.1 Å². The molecule has 28 heavy (non-hydrogen) atoms. The van der Waals surface area contributed by atoms with Crippen LogP contribution in [0.3, 0.4) is 0 Å². The molecule has 0 N–H and O–H groups in total. The minimum atomic E-state index is 0.0692. The molecule has 0 bridgehead atoms. The quantitative estimate of drug-likeness (QED) is 0.235. The van der Waals surface area contributed by atoms with E-state index in [1.54, 1.807) is 0 Å². The Bertz CT molecular complexity index is 557. The van der Waals surface area contributed by atoms with Gasteiger partial charge in [0.15, 0.2) is 0 Å². The minimum absolute atomic E-state index is 0.0692. The first-order valence-corrected chi connectivity index (χ1v) is 12.3. The molecule has 2 heteroatoms. The van der Waals surface area contributed by atoms with Crippen LogP contribution in [0.15, 0.2) is 24.3 Å². The summed E-state index contributed by atoms with van der Waals surface area (Å²) in [5.41, 5.74) is 2.64. The van der Waals surface area contributed by atoms with E-state index in [-0.39, 0.29) is 5.41 Å². The van der Waals surface area contributed by atoms with Gasteiger partial charge in [-0.1, -0.05) is 49.7 Å². The molecule has 1 rings (SSSR count). The van der Waals surface area contributed by atoms with E-state index in [2.05, 4.69) is 82.5 Å². The van der Waals surface area contributed by atoms with Gasteiger partial charge in [-0.2, -0.15) is 11.8 Å². The highest BCUT2D eigenvalue weighted by atomic mass is 32.2. The summed E-state index contributed by atoms with van der Waals surface area (Å²) < 4.78 is 5.57. The first-order valence-electron chi connectivity index (χ1n) is 11.2. The molecule has 158 valence electrons. The molecule has 1 nitrogen and oxygen atoms in total. The topological polar surface area (TPSA) is 9.23 Å². The predicted molar refractivity (Wildman–Crippen MR) is 127 cm³/mol. The van der Waals surface area contributed by atoms with Gasteiger partial charge in [-0.05, 0) is 89.5 Å². The first kappa shape index (κ1) is 25.1. The summed E-state index contributed by atoms with van der Waals surface area (Å²) >= 11 is 2.09. The number of thioether (sulfide) groups is 1. The lowest BCUT2D eigenvalue weighted by atomic mass is 9.97. The van der Waals surface area contributed by atoms with Gasteiger partial charge in [0.05, 0.1) is 6.10 Å². The molecular weight excluding hydrogens is 360 g/mol. The van der Waals surface area contributed by atoms with Crippen molar-refractivity contribution < 1.29 is 4.74 Å². The third-order valence-corrected chi connectivity index (χ3v) is 5.58. The Morgan fingerprint density at radius 1 is 0.857 bits per heavy atom. The zero-order valence-electron chi connectivity index (χ0n) is 19.0. The SMILES string of the molecule is CC(C)OCCCSCCCCCCCCc1ccc(C#CC(C)(C)C)cc1. The Balaban J connectivity index is 1.97. The van der Waals surface area contributed by atoms with Crippen molar-refractivity contribution >= 4 is 11.8 Å². The Hall–Kier alpha value is -0.910. The molecule has 0 saturated heterocycles. The van der Waals surface area contributed by atoms with Gasteiger partial charge in [0, 0.05) is 17.6 Å². The molecule has 1 aromatic carbocycles. The van der Waals surface area contributed by atoms with Crippen molar-refractivity contribution in [3.05, 3.63) is 35.4 Å². The van der Waals surface area contributed by atoms with Crippen LogP contribution in [0.25, 0.3) is 0 Å². The summed E-state index contributed by atoms with van der Waals surface area (Å²) in [5.74, 6) is 9.13. The van der Waals surface area contributed by atoms with E-state index in [9.17, 15) is 0 Å². The lowest BCUT2D eigenvalue weighted by Gasteiger charge is -2.07. The van der Waals surface area contributed by atoms with Crippen LogP contribution in [0, 0.1) is 17.3 Å². The Kier molecular flexibility index (Phi) is 13.5. The van der Waals surface area contributed by atoms with Gasteiger partial charge in [0.25, 0.3) is 0 Å². The molecule has 0 aliphatic carbocycles. The highest BCUT2D eigenvalue weighted by molar-refractivity contribution is 7.99. The number of benzene rings is 1. The van der Waals surface area contributed by atoms with Crippen LogP contribution >= 0.6 is 11.8 Å². The van der Waals surface area contributed by atoms with E-state index in [0.717, 1.165) is 12.2 Å². The molecule has 1 aromatic rings. The second-order valence-corrected chi connectivity index (χ2v) is 10.2. The fraction of sp³-hybridized carbons (Fsp3) is 0.692. The monoisotopic (exact) mass is 402 g/mol. The van der Waals surface area contributed by atoms with Crippen LogP contribution < -0.4 is 0 Å². The summed E-state index contributed by atoms with van der Waals surface area (Å²) in [6.07, 6.45) is 10.9. The molecule has 0 atom stereocenters. The minimum Gasteiger partial charge on any atom is -0.379 e. The molecule has 0 aliphatic heterocycles. The van der Waals surface area contributed by atoms with Crippen molar-refractivity contribution in [1.29, 1.82) is 0 Å². The predicted octanol–water partition coefficient (Wildman–Crippen LogP) is 7.52. The number of hydrogen-bond acceptors (Lipinski definition) is 2. The third-order valence-electron chi connectivity index (χ3n) is 4.42. The van der Waals surface area contributed by atoms with Crippen molar-refractivity contribution in [3.8, 4) is 11.8 Å². The lowest BCUT2D eigenvalue weighted by Crippen LogP contribution is -2.04. The van der Waals surface area contributed by atoms with Crippen molar-refractivity contribution in [3.63, 3.8) is 0 Å². The summed E-state index contributed by atoms with van der Waals surface area (Å²) in [6, 6.07) is 8.83. The van der Waals surface area contributed by atoms with E-state index < -0.39 is 0 Å². The highest BCUT2D eigenvalue weighted by Crippen LogP contribution is 2.14. The zero-order valence-corrected chi connectivity index (χ0v) is 19.8. The summed E-state index contributed by atoms with van der Waals surface area (Å²) in [5, 5.41) is 0. The van der Waals surface area contributed by atoms with Gasteiger partial charge in [0.1, 0.15) is 0 Å². The molecule has 0 radical (unpaired) electrons. The summed E-state index contributed by atoms with van der Waals surface area (Å²) in [6.45, 7) is 11.6. The van der Waals surface area contributed by atoms with Gasteiger partial charge in [-0.15, -0.1) is 0 Å². The molecule has 0 unspecified atom stereocenters. The number of aryl methyl sites for hydroxylation is 1. The first-order chi connectivity index (χ1) is 13.4. The molecule has 0 amide bonds. The van der Waals surface area contributed by atoms with Crippen LogP contribution in [-0.2, 0) is 11.2 Å². The number of unbranched alkanes of at least 4 members (excludes halogenated alkanes) is 5. The molecule has 0 aromatic heterocycles. The van der Waals surface area contributed by atoms with Gasteiger partial charge in [-0.3, -0.25) is 0 Å². The van der Waals surface area contributed by atoms with E-state index in [4.69, 9.17) is 4.74 Å². The average Bonchev–Trinajstić information content (AvgIpc) is 2.64. The van der Waals surface area contributed by atoms with Crippen molar-refractivity contribution in [2.45, 2.75) is 92.1 Å². The van der Waals surface area contributed by atoms with Crippen molar-refractivity contribution in [2.24, 2.45) is 5.41 Å². The highest BCUT2D eigenvalue weighted by Gasteiger charge is 2.03. The number of ether oxygens (including phenoxy) is 1. The number of rotatable bonds is 14. The maximum Gasteiger partial charge on any atom is 0.0518 e. The second kappa shape index (κ2) is 15.0. The van der Waals surface area contributed by atoms with Gasteiger partial charge in [0.2, 0.25) is 0 Å². The van der Waals surface area contributed by atoms with Gasteiger partial charge >= 0.3 is 0 Å². The zero-order chi connectivity index (χ0) is 20.7. The number of hydrogen-bond donors (Lipinski definition) is 0. The maximum atomic E-state index is 5.57. The normalized spacial score (nSPS) is 11.5. The lowest BCUT2D eigenvalue weighted by molar-refractivity contribution is 0.0800. The van der Waals surface area contributed by atoms with Crippen LogP contribution in [0.4, 0.5) is 0 Å². The molecule has 0 fully saturated rings. The Morgan fingerprint density at radius 2 is 1.46 bits per heavy atom. The van der Waals surface area contributed by atoms with E-state index in [0.29, 0.717) is 6.10 Å². The Labute approximate surface area is 179 Å². The van der Waals surface area contributed by atoms with Gasteiger partial charge in [-0.25, -0.2) is 0 Å². The molecule has 0 saturated carbocycles. The maximum absolute atomic E-state index is 5.57. The summed E-state index contributed by atoms with van der Waals surface area (Å²) in [4.78, 5) is 0. The smallest absolute Gasteiger partial charge is 0.0518 e. The Morgan fingerprint density at radius 3 is 2.11 bits per heavy atom. The largest absolute Gasteiger partial charge is 0.379 e. The van der Waals surface area contributed by atoms with Crippen LogP contribution in [0.5, 0.6) is 0 Å². The van der Waals surface area contributed by atoms with E-state index in [1.165, 1.54) is 68.4 Å². The van der Waals surface area contributed by atoms with E-state index in [1.807, 2.05) is 0 Å². The van der Waals surface area contributed by atoms with E-state index >= 15 is 0 Å². The van der Waals surface area contributed by atoms with Crippen molar-refractivity contribution in [1.82, 2.24) is 0 Å². The molecular formula is C26H42OS. The van der Waals surface area contributed by atoms with Crippen LogP contribution in [-0.4, -0.2) is 24.2 Å². The fourth-order valence-electron chi connectivity index (χ4n) is 2.84. The fourth-order valence-corrected chi connectivity index (χ4v) is 3.77. The van der Waals surface area contributed by atoms with Crippen LogP contribution in [0.2, 0.25) is 0 Å². The molecule has 0 spiro atoms. The molecule has 0 aliphatic rings. The standard InChI is InChI=1S/C26H42OS/c1-23(2)27-20-12-22-28-21-11-9-7-6-8-10-13-24-14-16-25(17-15-24)18-19-26(3,4)5/h14-17,23H,6-13,20-22H2,1-5H3. The second-order valence-electron chi connectivity index (χ2n) is 8.95. The van der Waals surface area contributed by atoms with Gasteiger partial charge < -0.3 is 4.74 Å². The van der Waals surface area contributed by atoms with Crippen LogP contribution in [0.1, 0.15) is 90.7 Å². The average molecular weight is 403 g/mol. The molecule has 0 heterocycles. The summed E-state index contributed by atoms with van der Waals surface area (Å²) in [7, 11) is 0.